The molecule has 6 nitrogen and oxygen atoms in total. The van der Waals surface area contributed by atoms with Crippen LogP contribution in [-0.2, 0) is 9.59 Å². The number of carbonyl (C=O) groups is 2. The van der Waals surface area contributed by atoms with E-state index in [1.54, 1.807) is 12.1 Å². The summed E-state index contributed by atoms with van der Waals surface area (Å²) in [5, 5.41) is 5.66. The van der Waals surface area contributed by atoms with Crippen molar-refractivity contribution >= 4 is 29.6 Å². The number of nitrogens with zero attached hydrogens (tertiary/aromatic N) is 2. The molecule has 1 saturated carbocycles. The Labute approximate surface area is 162 Å². The molecule has 1 aromatic rings. The van der Waals surface area contributed by atoms with E-state index < -0.39 is 0 Å². The molecule has 2 fully saturated rings. The van der Waals surface area contributed by atoms with Gasteiger partial charge in [-0.3, -0.25) is 9.59 Å². The summed E-state index contributed by atoms with van der Waals surface area (Å²) in [6.45, 7) is 3.79. The van der Waals surface area contributed by atoms with E-state index in [1.807, 2.05) is 13.8 Å². The number of rotatable bonds is 5. The number of ether oxygens (including phenoxy) is 2. The number of hydrogen-bond donors (Lipinski definition) is 0. The van der Waals surface area contributed by atoms with Crippen LogP contribution >= 0.6 is 11.6 Å². The highest BCUT2D eigenvalue weighted by atomic mass is 35.5. The fraction of sp³-hybridized carbons (Fsp3) is 0.450. The topological polar surface area (TPSA) is 68.2 Å². The van der Waals surface area contributed by atoms with Crippen LogP contribution in [0.2, 0.25) is 5.02 Å². The van der Waals surface area contributed by atoms with Crippen molar-refractivity contribution in [2.75, 3.05) is 7.11 Å². The summed E-state index contributed by atoms with van der Waals surface area (Å²) in [5.74, 6) is 0.259. The number of methoxy groups -OCH3 is 1. The molecule has 4 rings (SSSR count). The van der Waals surface area contributed by atoms with Gasteiger partial charge in [0.05, 0.1) is 31.3 Å². The first-order valence-corrected chi connectivity index (χ1v) is 9.42. The predicted octanol–water partition coefficient (Wildman–Crippen LogP) is 3.28. The smallest absolute Gasteiger partial charge is 0.254 e. The molecule has 1 aliphatic heterocycles. The minimum absolute atomic E-state index is 0.0941. The SMILES string of the molecule is COc1cc(Cl)cc(C=NN2C(=O)[C@@H]3[C@H](C2=O)[C@H]2C=C[C@H]3C2)c1OC(C)C. The summed E-state index contributed by atoms with van der Waals surface area (Å²) >= 11 is 6.16. The van der Waals surface area contributed by atoms with Gasteiger partial charge in [0, 0.05) is 16.7 Å². The molecule has 2 bridgehead atoms. The van der Waals surface area contributed by atoms with Gasteiger partial charge in [-0.25, -0.2) is 0 Å². The Morgan fingerprint density at radius 1 is 1.19 bits per heavy atom. The number of hydrazone groups is 1. The number of benzene rings is 1. The fourth-order valence-corrected chi connectivity index (χ4v) is 4.54. The average molecular weight is 389 g/mol. The zero-order chi connectivity index (χ0) is 19.3. The van der Waals surface area contributed by atoms with Gasteiger partial charge in [-0.15, -0.1) is 0 Å². The fourth-order valence-electron chi connectivity index (χ4n) is 4.32. The van der Waals surface area contributed by atoms with Crippen LogP contribution in [-0.4, -0.2) is 36.3 Å². The number of allylic oxidation sites excluding steroid dienone is 2. The first-order chi connectivity index (χ1) is 12.9. The van der Waals surface area contributed by atoms with Gasteiger partial charge in [-0.2, -0.15) is 10.1 Å². The lowest BCUT2D eigenvalue weighted by Crippen LogP contribution is -2.28. The van der Waals surface area contributed by atoms with E-state index in [-0.39, 0.29) is 41.6 Å². The van der Waals surface area contributed by atoms with Gasteiger partial charge in [0.15, 0.2) is 11.5 Å². The van der Waals surface area contributed by atoms with E-state index in [0.29, 0.717) is 22.1 Å². The van der Waals surface area contributed by atoms with Gasteiger partial charge in [0.25, 0.3) is 11.8 Å². The molecule has 0 radical (unpaired) electrons. The maximum absolute atomic E-state index is 12.7. The summed E-state index contributed by atoms with van der Waals surface area (Å²) < 4.78 is 11.2. The maximum Gasteiger partial charge on any atom is 0.254 e. The minimum atomic E-state index is -0.273. The Hall–Kier alpha value is -2.34. The average Bonchev–Trinajstić information content (AvgIpc) is 3.29. The quantitative estimate of drug-likeness (QED) is 0.441. The largest absolute Gasteiger partial charge is 0.493 e. The highest BCUT2D eigenvalue weighted by Gasteiger charge is 2.59. The van der Waals surface area contributed by atoms with Crippen molar-refractivity contribution in [1.82, 2.24) is 5.01 Å². The van der Waals surface area contributed by atoms with E-state index >= 15 is 0 Å². The molecule has 0 aromatic heterocycles. The number of fused-ring (bicyclic) bond motifs is 5. The monoisotopic (exact) mass is 388 g/mol. The highest BCUT2D eigenvalue weighted by molar-refractivity contribution is 6.31. The Balaban J connectivity index is 1.65. The molecule has 7 heteroatoms. The van der Waals surface area contributed by atoms with Crippen LogP contribution in [0.4, 0.5) is 0 Å². The second-order valence-corrected chi connectivity index (χ2v) is 7.86. The molecule has 0 N–H and O–H groups in total. The lowest BCUT2D eigenvalue weighted by molar-refractivity contribution is -0.140. The normalized spacial score (nSPS) is 28.7. The second-order valence-electron chi connectivity index (χ2n) is 7.43. The lowest BCUT2D eigenvalue weighted by atomic mass is 9.85. The van der Waals surface area contributed by atoms with Crippen molar-refractivity contribution in [3.05, 3.63) is 34.9 Å². The number of imide groups is 1. The maximum atomic E-state index is 12.7. The van der Waals surface area contributed by atoms with E-state index in [0.717, 1.165) is 11.4 Å². The molecule has 2 amide bonds. The van der Waals surface area contributed by atoms with Gasteiger partial charge in [-0.05, 0) is 38.2 Å². The van der Waals surface area contributed by atoms with Crippen molar-refractivity contribution in [1.29, 1.82) is 0 Å². The molecule has 2 aliphatic carbocycles. The molecule has 0 spiro atoms. The van der Waals surface area contributed by atoms with E-state index in [9.17, 15) is 9.59 Å². The zero-order valence-electron chi connectivity index (χ0n) is 15.4. The Morgan fingerprint density at radius 3 is 2.37 bits per heavy atom. The van der Waals surface area contributed by atoms with Crippen molar-refractivity contribution in [2.24, 2.45) is 28.8 Å². The Morgan fingerprint density at radius 2 is 1.81 bits per heavy atom. The summed E-state index contributed by atoms with van der Waals surface area (Å²) in [7, 11) is 1.53. The van der Waals surface area contributed by atoms with Crippen LogP contribution in [0.1, 0.15) is 25.8 Å². The summed E-state index contributed by atoms with van der Waals surface area (Å²) in [6.07, 6.45) is 6.35. The molecule has 1 aromatic carbocycles. The van der Waals surface area contributed by atoms with Crippen molar-refractivity contribution in [3.63, 3.8) is 0 Å². The predicted molar refractivity (Wildman–Crippen MR) is 101 cm³/mol. The number of amides is 2. The molecule has 1 heterocycles. The molecular weight excluding hydrogens is 368 g/mol. The third kappa shape index (κ3) is 2.92. The molecular formula is C20H21ClN2O4. The van der Waals surface area contributed by atoms with Gasteiger partial charge >= 0.3 is 0 Å². The minimum Gasteiger partial charge on any atom is -0.493 e. The van der Waals surface area contributed by atoms with Gasteiger partial charge in [-0.1, -0.05) is 23.8 Å². The summed E-state index contributed by atoms with van der Waals surface area (Å²) in [6, 6.07) is 3.32. The number of hydrogen-bond acceptors (Lipinski definition) is 5. The van der Waals surface area contributed by atoms with Gasteiger partial charge < -0.3 is 9.47 Å². The summed E-state index contributed by atoms with van der Waals surface area (Å²) in [5.41, 5.74) is 0.548. The Bertz CT molecular complexity index is 834. The van der Waals surface area contributed by atoms with E-state index in [4.69, 9.17) is 21.1 Å². The van der Waals surface area contributed by atoms with Crippen molar-refractivity contribution in [3.8, 4) is 11.5 Å². The number of carbonyl (C=O) groups excluding carboxylic acids is 2. The van der Waals surface area contributed by atoms with Crippen LogP contribution < -0.4 is 9.47 Å². The molecule has 3 aliphatic rings. The van der Waals surface area contributed by atoms with Crippen LogP contribution in [0.3, 0.4) is 0 Å². The van der Waals surface area contributed by atoms with Gasteiger partial charge in [0.1, 0.15) is 0 Å². The van der Waals surface area contributed by atoms with Gasteiger partial charge in [0.2, 0.25) is 0 Å². The van der Waals surface area contributed by atoms with E-state index in [1.165, 1.54) is 13.3 Å². The van der Waals surface area contributed by atoms with Crippen LogP contribution in [0, 0.1) is 23.7 Å². The molecule has 142 valence electrons. The number of halogens is 1. The van der Waals surface area contributed by atoms with Crippen molar-refractivity contribution < 1.29 is 19.1 Å². The molecule has 27 heavy (non-hydrogen) atoms. The van der Waals surface area contributed by atoms with Crippen LogP contribution in [0.15, 0.2) is 29.4 Å². The second kappa shape index (κ2) is 6.68. The third-order valence-electron chi connectivity index (χ3n) is 5.38. The molecule has 0 unspecified atom stereocenters. The van der Waals surface area contributed by atoms with Crippen LogP contribution in [0.5, 0.6) is 11.5 Å². The van der Waals surface area contributed by atoms with Crippen LogP contribution in [0.25, 0.3) is 0 Å². The Kier molecular flexibility index (Phi) is 4.46. The first kappa shape index (κ1) is 18.0. The zero-order valence-corrected chi connectivity index (χ0v) is 16.1. The highest BCUT2D eigenvalue weighted by Crippen LogP contribution is 2.52. The molecule has 1 saturated heterocycles. The third-order valence-corrected chi connectivity index (χ3v) is 5.60. The summed E-state index contributed by atoms with van der Waals surface area (Å²) in [4.78, 5) is 25.5. The van der Waals surface area contributed by atoms with Crippen molar-refractivity contribution in [2.45, 2.75) is 26.4 Å². The standard InChI is InChI=1S/C20H21ClN2O4/c1-10(2)27-18-13(7-14(21)8-15(18)26-3)9-22-23-19(24)16-11-4-5-12(6-11)17(16)20(23)25/h4-5,7-12,16-17H,6H2,1-3H3/t11-,12-,16-,17+/m0/s1. The first-order valence-electron chi connectivity index (χ1n) is 9.05. The lowest BCUT2D eigenvalue weighted by Gasteiger charge is -2.17. The van der Waals surface area contributed by atoms with E-state index in [2.05, 4.69) is 17.3 Å². The molecule has 4 atom stereocenters.